The molecule has 2 nitrogen and oxygen atoms in total. The summed E-state index contributed by atoms with van der Waals surface area (Å²) in [4.78, 5) is 12.4. The van der Waals surface area contributed by atoms with Gasteiger partial charge in [0.05, 0.1) is 0 Å². The van der Waals surface area contributed by atoms with Crippen LogP contribution in [-0.4, -0.2) is 18.4 Å². The lowest BCUT2D eigenvalue weighted by Crippen LogP contribution is -2.29. The van der Waals surface area contributed by atoms with Crippen molar-refractivity contribution in [1.29, 1.82) is 0 Å². The summed E-state index contributed by atoms with van der Waals surface area (Å²) < 4.78 is 0. The lowest BCUT2D eigenvalue weighted by molar-refractivity contribution is 0.0963. The van der Waals surface area contributed by atoms with Crippen LogP contribution in [0.1, 0.15) is 47.2 Å². The van der Waals surface area contributed by atoms with Gasteiger partial charge in [0.25, 0.3) is 0 Å². The number of hydrogen-bond acceptors (Lipinski definition) is 2. The Balaban J connectivity index is 1.69. The molecular weight excluding hydrogens is 234 g/mol. The second-order valence-electron chi connectivity index (χ2n) is 6.30. The number of hydrogen-bond donors (Lipinski definition) is 1. The van der Waals surface area contributed by atoms with Crippen molar-refractivity contribution in [3.63, 3.8) is 0 Å². The van der Waals surface area contributed by atoms with E-state index in [2.05, 4.69) is 25.2 Å². The molecule has 0 amide bonds. The quantitative estimate of drug-likeness (QED) is 0.842. The minimum Gasteiger partial charge on any atom is -0.313 e. The van der Waals surface area contributed by atoms with Crippen LogP contribution in [0.3, 0.4) is 0 Å². The fourth-order valence-electron chi connectivity index (χ4n) is 3.76. The first-order valence-corrected chi connectivity index (χ1v) is 7.49. The molecule has 1 aliphatic carbocycles. The molecule has 0 spiro atoms. The second-order valence-corrected chi connectivity index (χ2v) is 6.30. The van der Waals surface area contributed by atoms with E-state index in [1.807, 2.05) is 12.1 Å². The van der Waals surface area contributed by atoms with Crippen LogP contribution in [0.15, 0.2) is 18.2 Å². The Kier molecular flexibility index (Phi) is 3.44. The molecule has 1 aromatic carbocycles. The largest absolute Gasteiger partial charge is 0.313 e. The Morgan fingerprint density at radius 2 is 2.11 bits per heavy atom. The lowest BCUT2D eigenvalue weighted by atomic mass is 9.89. The topological polar surface area (TPSA) is 29.1 Å². The zero-order chi connectivity index (χ0) is 13.4. The highest BCUT2D eigenvalue weighted by Gasteiger charge is 2.39. The maximum Gasteiger partial charge on any atom is 0.164 e. The van der Waals surface area contributed by atoms with E-state index in [1.54, 1.807) is 0 Å². The normalized spacial score (nSPS) is 29.5. The SMILES string of the molecule is Cc1ccc(C(=O)CC2NCC3CCCC32)cc1C. The second kappa shape index (κ2) is 5.09. The number of carbonyl (C=O) groups excluding carboxylic acids is 1. The van der Waals surface area contributed by atoms with E-state index < -0.39 is 0 Å². The maximum atomic E-state index is 12.4. The maximum absolute atomic E-state index is 12.4. The van der Waals surface area contributed by atoms with Gasteiger partial charge in [0.2, 0.25) is 0 Å². The molecule has 3 atom stereocenters. The fourth-order valence-corrected chi connectivity index (χ4v) is 3.76. The molecule has 3 unspecified atom stereocenters. The van der Waals surface area contributed by atoms with Crippen LogP contribution in [0.5, 0.6) is 0 Å². The third kappa shape index (κ3) is 2.46. The van der Waals surface area contributed by atoms with Gasteiger partial charge in [0.15, 0.2) is 5.78 Å². The van der Waals surface area contributed by atoms with Gasteiger partial charge >= 0.3 is 0 Å². The van der Waals surface area contributed by atoms with E-state index in [4.69, 9.17) is 0 Å². The fraction of sp³-hybridized carbons (Fsp3) is 0.588. The number of carbonyl (C=O) groups is 1. The predicted octanol–water partition coefficient (Wildman–Crippen LogP) is 3.26. The van der Waals surface area contributed by atoms with E-state index in [-0.39, 0.29) is 0 Å². The molecule has 2 heteroatoms. The Morgan fingerprint density at radius 1 is 1.26 bits per heavy atom. The van der Waals surface area contributed by atoms with Gasteiger partial charge in [0.1, 0.15) is 0 Å². The van der Waals surface area contributed by atoms with Gasteiger partial charge in [-0.15, -0.1) is 0 Å². The van der Waals surface area contributed by atoms with Gasteiger partial charge in [-0.1, -0.05) is 18.6 Å². The summed E-state index contributed by atoms with van der Waals surface area (Å²) in [6.07, 6.45) is 4.68. The van der Waals surface area contributed by atoms with Crippen LogP contribution in [0, 0.1) is 25.7 Å². The third-order valence-corrected chi connectivity index (χ3v) is 5.11. The summed E-state index contributed by atoms with van der Waals surface area (Å²) in [7, 11) is 0. The predicted molar refractivity (Wildman–Crippen MR) is 77.5 cm³/mol. The van der Waals surface area contributed by atoms with Crippen LogP contribution in [-0.2, 0) is 0 Å². The highest BCUT2D eigenvalue weighted by atomic mass is 16.1. The summed E-state index contributed by atoms with van der Waals surface area (Å²) >= 11 is 0. The van der Waals surface area contributed by atoms with E-state index in [1.165, 1.54) is 30.4 Å². The molecule has 19 heavy (non-hydrogen) atoms. The van der Waals surface area contributed by atoms with E-state index in [9.17, 15) is 4.79 Å². The summed E-state index contributed by atoms with van der Waals surface area (Å²) in [6, 6.07) is 6.50. The van der Waals surface area contributed by atoms with Crippen LogP contribution >= 0.6 is 0 Å². The molecule has 1 saturated heterocycles. The average molecular weight is 257 g/mol. The average Bonchev–Trinajstić information content (AvgIpc) is 2.97. The molecule has 0 aromatic heterocycles. The standard InChI is InChI=1S/C17H23NO/c1-11-6-7-13(8-12(11)2)17(19)9-16-15-5-3-4-14(15)10-18-16/h6-8,14-16,18H,3-5,9-10H2,1-2H3. The summed E-state index contributed by atoms with van der Waals surface area (Å²) in [5.41, 5.74) is 3.35. The zero-order valence-electron chi connectivity index (χ0n) is 11.9. The molecular formula is C17H23NO. The highest BCUT2D eigenvalue weighted by molar-refractivity contribution is 5.96. The molecule has 0 radical (unpaired) electrons. The Labute approximate surface area is 115 Å². The van der Waals surface area contributed by atoms with Crippen LogP contribution < -0.4 is 5.32 Å². The van der Waals surface area contributed by atoms with Crippen molar-refractivity contribution in [2.24, 2.45) is 11.8 Å². The van der Waals surface area contributed by atoms with E-state index in [0.29, 0.717) is 18.2 Å². The van der Waals surface area contributed by atoms with Crippen molar-refractivity contribution in [2.45, 2.75) is 45.6 Å². The number of ketones is 1. The van der Waals surface area contributed by atoms with Gasteiger partial charge in [-0.3, -0.25) is 4.79 Å². The minimum atomic E-state index is 0.299. The molecule has 2 aliphatic rings. The van der Waals surface area contributed by atoms with Crippen molar-refractivity contribution in [3.8, 4) is 0 Å². The van der Waals surface area contributed by atoms with Crippen molar-refractivity contribution < 1.29 is 4.79 Å². The number of Topliss-reactive ketones (excluding diaryl/α,β-unsaturated/α-hetero) is 1. The first-order chi connectivity index (χ1) is 9.15. The van der Waals surface area contributed by atoms with Crippen LogP contribution in [0.2, 0.25) is 0 Å². The zero-order valence-corrected chi connectivity index (χ0v) is 11.9. The minimum absolute atomic E-state index is 0.299. The van der Waals surface area contributed by atoms with Crippen molar-refractivity contribution in [2.75, 3.05) is 6.54 Å². The molecule has 3 rings (SSSR count). The Hall–Kier alpha value is -1.15. The van der Waals surface area contributed by atoms with Gasteiger partial charge < -0.3 is 5.32 Å². The molecule has 1 aromatic rings. The van der Waals surface area contributed by atoms with Crippen LogP contribution in [0.4, 0.5) is 0 Å². The lowest BCUT2D eigenvalue weighted by Gasteiger charge is -2.17. The molecule has 102 valence electrons. The van der Waals surface area contributed by atoms with Gasteiger partial charge in [-0.25, -0.2) is 0 Å². The number of benzene rings is 1. The molecule has 1 heterocycles. The Bertz CT molecular complexity index is 494. The van der Waals surface area contributed by atoms with E-state index in [0.717, 1.165) is 23.9 Å². The number of aryl methyl sites for hydroxylation is 2. The Morgan fingerprint density at radius 3 is 2.89 bits per heavy atom. The number of fused-ring (bicyclic) bond motifs is 1. The van der Waals surface area contributed by atoms with Gasteiger partial charge in [0, 0.05) is 18.0 Å². The van der Waals surface area contributed by atoms with Gasteiger partial charge in [-0.05, 0) is 62.3 Å². The van der Waals surface area contributed by atoms with Crippen molar-refractivity contribution in [3.05, 3.63) is 34.9 Å². The van der Waals surface area contributed by atoms with Crippen LogP contribution in [0.25, 0.3) is 0 Å². The summed E-state index contributed by atoms with van der Waals surface area (Å²) in [6.45, 7) is 5.29. The van der Waals surface area contributed by atoms with Crippen molar-refractivity contribution >= 4 is 5.78 Å². The molecule has 1 aliphatic heterocycles. The smallest absolute Gasteiger partial charge is 0.164 e. The van der Waals surface area contributed by atoms with E-state index >= 15 is 0 Å². The number of nitrogens with one attached hydrogen (secondary N) is 1. The third-order valence-electron chi connectivity index (χ3n) is 5.11. The van der Waals surface area contributed by atoms with Crippen molar-refractivity contribution in [1.82, 2.24) is 5.32 Å². The molecule has 1 N–H and O–H groups in total. The molecule has 0 bridgehead atoms. The number of rotatable bonds is 3. The summed E-state index contributed by atoms with van der Waals surface area (Å²) in [5, 5.41) is 3.56. The summed E-state index contributed by atoms with van der Waals surface area (Å²) in [5.74, 6) is 1.88. The molecule has 2 fully saturated rings. The van der Waals surface area contributed by atoms with Gasteiger partial charge in [-0.2, -0.15) is 0 Å². The first kappa shape index (κ1) is 12.9. The highest BCUT2D eigenvalue weighted by Crippen LogP contribution is 2.39. The monoisotopic (exact) mass is 257 g/mol. The molecule has 1 saturated carbocycles. The first-order valence-electron chi connectivity index (χ1n) is 7.49.